The van der Waals surface area contributed by atoms with Crippen molar-refractivity contribution in [2.45, 2.75) is 33.9 Å². The van der Waals surface area contributed by atoms with E-state index in [4.69, 9.17) is 11.5 Å². The Morgan fingerprint density at radius 2 is 1.75 bits per heavy atom. The normalized spacial score (nSPS) is 12.0. The van der Waals surface area contributed by atoms with Crippen LogP contribution in [-0.4, -0.2) is 20.6 Å². The maximum Gasteiger partial charge on any atom is 0.416 e. The molecule has 0 aliphatic rings. The van der Waals surface area contributed by atoms with Crippen LogP contribution < -0.4 is 11.5 Å². The minimum Gasteiger partial charge on any atom is -0.508 e. The van der Waals surface area contributed by atoms with Gasteiger partial charge in [0.05, 0.1) is 16.8 Å². The molecule has 2 heterocycles. The van der Waals surface area contributed by atoms with Crippen LogP contribution in [0.15, 0.2) is 12.1 Å². The van der Waals surface area contributed by atoms with Gasteiger partial charge in [-0.25, -0.2) is 4.98 Å². The van der Waals surface area contributed by atoms with Crippen LogP contribution in [-0.2, 0) is 6.18 Å². The maximum atomic E-state index is 13.5. The van der Waals surface area contributed by atoms with Gasteiger partial charge in [-0.15, -0.1) is 0 Å². The quantitative estimate of drug-likeness (QED) is 0.618. The lowest BCUT2D eigenvalue weighted by Gasteiger charge is -2.20. The minimum atomic E-state index is -4.69. The predicted molar refractivity (Wildman–Crippen MR) is 99.6 cm³/mol. The third kappa shape index (κ3) is 2.74. The molecular formula is C19H19F3N4O2. The van der Waals surface area contributed by atoms with Crippen LogP contribution in [0.5, 0.6) is 5.75 Å². The number of aryl methyl sites for hydroxylation is 2. The van der Waals surface area contributed by atoms with Crippen molar-refractivity contribution in [1.29, 1.82) is 0 Å². The smallest absolute Gasteiger partial charge is 0.416 e. The molecule has 0 fully saturated rings. The summed E-state index contributed by atoms with van der Waals surface area (Å²) >= 11 is 0. The number of fused-ring (bicyclic) bond motifs is 1. The molecule has 0 bridgehead atoms. The molecule has 0 saturated heterocycles. The third-order valence-electron chi connectivity index (χ3n) is 4.98. The number of hydrogen-bond acceptors (Lipinski definition) is 4. The number of nitrogens with two attached hydrogens (primary N) is 2. The number of carbonyl (C=O) groups excluding carboxylic acids is 1. The van der Waals surface area contributed by atoms with Crippen molar-refractivity contribution >= 4 is 22.8 Å². The molecule has 0 unspecified atom stereocenters. The molecule has 1 aromatic carbocycles. The highest BCUT2D eigenvalue weighted by Gasteiger charge is 2.36. The summed E-state index contributed by atoms with van der Waals surface area (Å²) in [6.45, 7) is 6.26. The van der Waals surface area contributed by atoms with Gasteiger partial charge in [0, 0.05) is 16.6 Å². The number of benzene rings is 1. The third-order valence-corrected chi connectivity index (χ3v) is 4.98. The van der Waals surface area contributed by atoms with Gasteiger partial charge in [-0.3, -0.25) is 9.36 Å². The molecule has 5 N–H and O–H groups in total. The zero-order valence-corrected chi connectivity index (χ0v) is 15.7. The van der Waals surface area contributed by atoms with Crippen molar-refractivity contribution in [2.24, 2.45) is 5.73 Å². The first-order valence-electron chi connectivity index (χ1n) is 8.34. The first-order valence-corrected chi connectivity index (χ1v) is 8.34. The molecule has 3 aromatic rings. The Hall–Kier alpha value is -3.23. The number of rotatable bonds is 2. The summed E-state index contributed by atoms with van der Waals surface area (Å²) in [5.74, 6) is -1.50. The van der Waals surface area contributed by atoms with Gasteiger partial charge in [0.25, 0.3) is 5.91 Å². The number of aromatic nitrogens is 2. The topological polar surface area (TPSA) is 107 Å². The van der Waals surface area contributed by atoms with Crippen molar-refractivity contribution in [3.05, 3.63) is 45.6 Å². The number of aromatic hydroxyl groups is 1. The molecule has 148 valence electrons. The maximum absolute atomic E-state index is 13.5. The molecular weight excluding hydrogens is 373 g/mol. The predicted octanol–water partition coefficient (Wildman–Crippen LogP) is 3.66. The number of phenolic OH excluding ortho intramolecular Hbond substituents is 1. The number of anilines is 1. The lowest BCUT2D eigenvalue weighted by molar-refractivity contribution is -0.138. The molecule has 6 nitrogen and oxygen atoms in total. The number of carbonyl (C=O) groups is 1. The summed E-state index contributed by atoms with van der Waals surface area (Å²) in [4.78, 5) is 16.4. The molecule has 1 amide bonds. The molecule has 0 atom stereocenters. The first kappa shape index (κ1) is 19.5. The molecule has 0 aliphatic carbocycles. The standard InChI is InChI=1S/C19H19F3N4O2/c1-7-5-11-14(17(24)28)16(23)26(18(11)25-10(7)4)15-8(2)12(19(20,21)22)6-13(27)9(15)3/h5-6,27H,23H2,1-4H3,(H2,24,28). The summed E-state index contributed by atoms with van der Waals surface area (Å²) in [5.41, 5.74) is 12.2. The zero-order chi connectivity index (χ0) is 21.1. The van der Waals surface area contributed by atoms with E-state index >= 15 is 0 Å². The number of amides is 1. The number of phenols is 1. The van der Waals surface area contributed by atoms with Crippen LogP contribution >= 0.6 is 0 Å². The molecule has 0 spiro atoms. The second-order valence-electron chi connectivity index (χ2n) is 6.76. The Bertz CT molecular complexity index is 1150. The Balaban J connectivity index is 2.56. The van der Waals surface area contributed by atoms with Crippen molar-refractivity contribution in [3.63, 3.8) is 0 Å². The van der Waals surface area contributed by atoms with E-state index in [-0.39, 0.29) is 33.8 Å². The van der Waals surface area contributed by atoms with E-state index in [1.165, 1.54) is 18.4 Å². The highest BCUT2D eigenvalue weighted by Crippen LogP contribution is 2.42. The molecule has 28 heavy (non-hydrogen) atoms. The van der Waals surface area contributed by atoms with Gasteiger partial charge in [-0.1, -0.05) is 0 Å². The molecule has 2 aromatic heterocycles. The van der Waals surface area contributed by atoms with Crippen molar-refractivity contribution in [2.75, 3.05) is 5.73 Å². The van der Waals surface area contributed by atoms with Gasteiger partial charge in [-0.2, -0.15) is 13.2 Å². The summed E-state index contributed by atoms with van der Waals surface area (Å²) in [5, 5.41) is 10.5. The van der Waals surface area contributed by atoms with E-state index in [0.717, 1.165) is 5.56 Å². The SMILES string of the molecule is Cc1cc2c(C(N)=O)c(N)n(-c3c(C)c(O)cc(C(F)(F)F)c3C)c2nc1C. The number of hydrogen-bond donors (Lipinski definition) is 3. The number of pyridine rings is 1. The van der Waals surface area contributed by atoms with Crippen molar-refractivity contribution < 1.29 is 23.1 Å². The lowest BCUT2D eigenvalue weighted by Crippen LogP contribution is -2.15. The van der Waals surface area contributed by atoms with Crippen LogP contribution in [0.25, 0.3) is 16.7 Å². The summed E-state index contributed by atoms with van der Waals surface area (Å²) in [6, 6.07) is 2.34. The van der Waals surface area contributed by atoms with Crippen LogP contribution in [0, 0.1) is 27.7 Å². The van der Waals surface area contributed by atoms with E-state index in [2.05, 4.69) is 4.98 Å². The highest BCUT2D eigenvalue weighted by molar-refractivity contribution is 6.11. The monoisotopic (exact) mass is 392 g/mol. The lowest BCUT2D eigenvalue weighted by atomic mass is 10.0. The molecule has 0 saturated carbocycles. The Kier molecular flexibility index (Phi) is 4.29. The average Bonchev–Trinajstić information content (AvgIpc) is 2.82. The number of primary amides is 1. The summed E-state index contributed by atoms with van der Waals surface area (Å²) in [7, 11) is 0. The van der Waals surface area contributed by atoms with E-state index in [9.17, 15) is 23.1 Å². The summed E-state index contributed by atoms with van der Waals surface area (Å²) < 4.78 is 41.7. The number of nitrogen functional groups attached to an aromatic ring is 1. The molecule has 3 rings (SSSR count). The summed E-state index contributed by atoms with van der Waals surface area (Å²) in [6.07, 6.45) is -4.69. The van der Waals surface area contributed by atoms with Gasteiger partial charge < -0.3 is 16.6 Å². The van der Waals surface area contributed by atoms with Crippen molar-refractivity contribution in [3.8, 4) is 11.4 Å². The Morgan fingerprint density at radius 1 is 1.14 bits per heavy atom. The largest absolute Gasteiger partial charge is 0.508 e. The molecule has 0 radical (unpaired) electrons. The fourth-order valence-corrected chi connectivity index (χ4v) is 3.41. The highest BCUT2D eigenvalue weighted by atomic mass is 19.4. The second kappa shape index (κ2) is 6.15. The Morgan fingerprint density at radius 3 is 2.29 bits per heavy atom. The fraction of sp³-hybridized carbons (Fsp3) is 0.263. The van der Waals surface area contributed by atoms with Crippen molar-refractivity contribution in [1.82, 2.24) is 9.55 Å². The van der Waals surface area contributed by atoms with Crippen LogP contribution in [0.1, 0.15) is 38.3 Å². The average molecular weight is 392 g/mol. The van der Waals surface area contributed by atoms with Gasteiger partial charge in [-0.05, 0) is 51.0 Å². The van der Waals surface area contributed by atoms with E-state index in [1.54, 1.807) is 19.9 Å². The van der Waals surface area contributed by atoms with Crippen LogP contribution in [0.3, 0.4) is 0 Å². The number of alkyl halides is 3. The van der Waals surface area contributed by atoms with E-state index in [1.807, 2.05) is 0 Å². The first-order chi connectivity index (χ1) is 12.9. The number of nitrogens with zero attached hydrogens (tertiary/aromatic N) is 2. The second-order valence-corrected chi connectivity index (χ2v) is 6.76. The van der Waals surface area contributed by atoms with Crippen LogP contribution in [0.2, 0.25) is 0 Å². The molecule has 9 heteroatoms. The van der Waals surface area contributed by atoms with E-state index < -0.39 is 23.4 Å². The van der Waals surface area contributed by atoms with Gasteiger partial charge in [0.2, 0.25) is 0 Å². The minimum absolute atomic E-state index is 0.0121. The number of halogens is 3. The molecule has 0 aliphatic heterocycles. The fourth-order valence-electron chi connectivity index (χ4n) is 3.41. The van der Waals surface area contributed by atoms with Gasteiger partial charge in [0.1, 0.15) is 17.2 Å². The van der Waals surface area contributed by atoms with E-state index in [0.29, 0.717) is 17.1 Å². The zero-order valence-electron chi connectivity index (χ0n) is 15.7. The Labute approximate surface area is 158 Å². The van der Waals surface area contributed by atoms with Gasteiger partial charge >= 0.3 is 6.18 Å². The van der Waals surface area contributed by atoms with Gasteiger partial charge in [0.15, 0.2) is 0 Å². The van der Waals surface area contributed by atoms with Crippen LogP contribution in [0.4, 0.5) is 19.0 Å².